The Labute approximate surface area is 171 Å². The minimum absolute atomic E-state index is 0.0529. The van der Waals surface area contributed by atoms with Crippen LogP contribution < -0.4 is 5.43 Å². The first-order valence-electron chi connectivity index (χ1n) is 8.94. The molecule has 0 saturated carbocycles. The average Bonchev–Trinajstić information content (AvgIpc) is 3.39. The second-order valence-corrected chi connectivity index (χ2v) is 7.22. The fraction of sp³-hybridized carbons (Fsp3) is 0.0455. The number of nitrogens with one attached hydrogen (secondary N) is 1. The number of nitrogens with zero attached hydrogens (tertiary/aromatic N) is 3. The highest BCUT2D eigenvalue weighted by atomic mass is 32.1. The number of thiophene rings is 1. The number of rotatable bonds is 6. The molecule has 1 amide bonds. The Morgan fingerprint density at radius 1 is 1.10 bits per heavy atom. The first-order chi connectivity index (χ1) is 14.2. The molecular formula is C22H17FN4OS. The lowest BCUT2D eigenvalue weighted by Crippen LogP contribution is -2.18. The van der Waals surface area contributed by atoms with Crippen LogP contribution in [0.25, 0.3) is 10.6 Å². The first kappa shape index (κ1) is 18.8. The van der Waals surface area contributed by atoms with Crippen molar-refractivity contribution >= 4 is 23.5 Å². The van der Waals surface area contributed by atoms with Crippen molar-refractivity contribution in [3.05, 3.63) is 101 Å². The van der Waals surface area contributed by atoms with Crippen LogP contribution in [0, 0.1) is 5.82 Å². The van der Waals surface area contributed by atoms with Crippen molar-refractivity contribution in [1.82, 2.24) is 15.2 Å². The summed E-state index contributed by atoms with van der Waals surface area (Å²) >= 11 is 1.57. The van der Waals surface area contributed by atoms with Crippen LogP contribution in [-0.4, -0.2) is 21.9 Å². The van der Waals surface area contributed by atoms with Crippen LogP contribution >= 0.6 is 11.3 Å². The smallest absolute Gasteiger partial charge is 0.267 e. The molecule has 2 aromatic heterocycles. The molecule has 0 radical (unpaired) electrons. The molecule has 0 spiro atoms. The number of aromatic nitrogens is 2. The van der Waals surface area contributed by atoms with Gasteiger partial charge >= 0.3 is 0 Å². The predicted molar refractivity (Wildman–Crippen MR) is 113 cm³/mol. The van der Waals surface area contributed by atoms with Gasteiger partial charge in [0.05, 0.1) is 23.2 Å². The van der Waals surface area contributed by atoms with Crippen LogP contribution in [0.15, 0.2) is 83.4 Å². The lowest BCUT2D eigenvalue weighted by molar-refractivity contribution is 0.0951. The number of carbonyl (C=O) groups is 1. The molecule has 2 aromatic carbocycles. The number of halogens is 1. The van der Waals surface area contributed by atoms with E-state index in [-0.39, 0.29) is 5.56 Å². The van der Waals surface area contributed by atoms with Crippen molar-refractivity contribution < 1.29 is 9.18 Å². The van der Waals surface area contributed by atoms with E-state index in [0.29, 0.717) is 6.54 Å². The number of hydrazone groups is 1. The Balaban J connectivity index is 1.56. The molecule has 0 saturated heterocycles. The molecule has 2 heterocycles. The molecule has 0 atom stereocenters. The summed E-state index contributed by atoms with van der Waals surface area (Å²) in [5.41, 5.74) is 4.99. The first-order valence-corrected chi connectivity index (χ1v) is 9.82. The fourth-order valence-corrected chi connectivity index (χ4v) is 3.58. The second-order valence-electron chi connectivity index (χ2n) is 6.27. The molecule has 5 nitrogen and oxygen atoms in total. The predicted octanol–water partition coefficient (Wildman–Crippen LogP) is 4.56. The van der Waals surface area contributed by atoms with E-state index in [1.165, 1.54) is 24.4 Å². The van der Waals surface area contributed by atoms with E-state index in [0.717, 1.165) is 21.7 Å². The lowest BCUT2D eigenvalue weighted by Gasteiger charge is -2.00. The molecule has 144 valence electrons. The zero-order valence-electron chi connectivity index (χ0n) is 15.3. The molecule has 0 aliphatic rings. The SMILES string of the molecule is O=C(N/N=C\c1cn(Cc2ccccc2)nc1-c1cccs1)c1ccccc1F. The van der Waals surface area contributed by atoms with E-state index < -0.39 is 11.7 Å². The van der Waals surface area contributed by atoms with Gasteiger partial charge in [-0.2, -0.15) is 10.2 Å². The summed E-state index contributed by atoms with van der Waals surface area (Å²) in [6, 6.07) is 19.7. The van der Waals surface area contributed by atoms with E-state index in [4.69, 9.17) is 0 Å². The van der Waals surface area contributed by atoms with Gasteiger partial charge in [0.15, 0.2) is 0 Å². The molecule has 0 aliphatic heterocycles. The highest BCUT2D eigenvalue weighted by Gasteiger charge is 2.12. The van der Waals surface area contributed by atoms with Crippen molar-refractivity contribution in [3.8, 4) is 10.6 Å². The molecular weight excluding hydrogens is 387 g/mol. The zero-order chi connectivity index (χ0) is 20.1. The van der Waals surface area contributed by atoms with E-state index >= 15 is 0 Å². The minimum Gasteiger partial charge on any atom is -0.267 e. The monoisotopic (exact) mass is 404 g/mol. The quantitative estimate of drug-likeness (QED) is 0.378. The maximum atomic E-state index is 13.7. The van der Waals surface area contributed by atoms with Gasteiger partial charge < -0.3 is 0 Å². The van der Waals surface area contributed by atoms with Gasteiger partial charge in [-0.05, 0) is 29.1 Å². The van der Waals surface area contributed by atoms with Gasteiger partial charge in [-0.3, -0.25) is 9.48 Å². The largest absolute Gasteiger partial charge is 0.274 e. The Morgan fingerprint density at radius 3 is 2.66 bits per heavy atom. The Bertz CT molecular complexity index is 1140. The third-order valence-corrected chi connectivity index (χ3v) is 5.10. The van der Waals surface area contributed by atoms with Gasteiger partial charge in [0.2, 0.25) is 0 Å². The number of hydrogen-bond acceptors (Lipinski definition) is 4. The Morgan fingerprint density at radius 2 is 1.90 bits per heavy atom. The van der Waals surface area contributed by atoms with Crippen LogP contribution in [-0.2, 0) is 6.54 Å². The minimum atomic E-state index is -0.603. The van der Waals surface area contributed by atoms with Gasteiger partial charge in [-0.15, -0.1) is 11.3 Å². The van der Waals surface area contributed by atoms with Crippen LogP contribution in [0.1, 0.15) is 21.5 Å². The molecule has 0 unspecified atom stereocenters. The summed E-state index contributed by atoms with van der Waals surface area (Å²) in [6.07, 6.45) is 3.41. The van der Waals surface area contributed by atoms with Gasteiger partial charge in [-0.25, -0.2) is 9.82 Å². The average molecular weight is 404 g/mol. The molecule has 0 fully saturated rings. The van der Waals surface area contributed by atoms with Crippen LogP contribution in [0.5, 0.6) is 0 Å². The van der Waals surface area contributed by atoms with Gasteiger partial charge in [0, 0.05) is 11.8 Å². The standard InChI is InChI=1S/C22H17FN4OS/c23-19-10-5-4-9-18(19)22(28)25-24-13-17-15-27(14-16-7-2-1-3-8-16)26-21(17)20-11-6-12-29-20/h1-13,15H,14H2,(H,25,28)/b24-13-. The van der Waals surface area contributed by atoms with E-state index in [1.54, 1.807) is 17.4 Å². The molecule has 0 bridgehead atoms. The normalized spacial score (nSPS) is 11.1. The van der Waals surface area contributed by atoms with Crippen molar-refractivity contribution in [1.29, 1.82) is 0 Å². The van der Waals surface area contributed by atoms with Crippen molar-refractivity contribution in [3.63, 3.8) is 0 Å². The van der Waals surface area contributed by atoms with E-state index in [9.17, 15) is 9.18 Å². The number of benzene rings is 2. The van der Waals surface area contributed by atoms with Crippen molar-refractivity contribution in [2.24, 2.45) is 5.10 Å². The number of hydrogen-bond donors (Lipinski definition) is 1. The van der Waals surface area contributed by atoms with Crippen LogP contribution in [0.2, 0.25) is 0 Å². The molecule has 4 rings (SSSR count). The Kier molecular flexibility index (Phi) is 5.58. The molecule has 1 N–H and O–H groups in total. The summed E-state index contributed by atoms with van der Waals surface area (Å²) in [7, 11) is 0. The lowest BCUT2D eigenvalue weighted by atomic mass is 10.2. The van der Waals surface area contributed by atoms with E-state index in [1.807, 2.05) is 58.7 Å². The van der Waals surface area contributed by atoms with Crippen LogP contribution in [0.3, 0.4) is 0 Å². The third kappa shape index (κ3) is 4.47. The fourth-order valence-electron chi connectivity index (χ4n) is 2.85. The molecule has 29 heavy (non-hydrogen) atoms. The third-order valence-electron chi connectivity index (χ3n) is 4.22. The Hall–Kier alpha value is -3.58. The van der Waals surface area contributed by atoms with E-state index in [2.05, 4.69) is 15.6 Å². The summed E-state index contributed by atoms with van der Waals surface area (Å²) in [4.78, 5) is 13.1. The highest BCUT2D eigenvalue weighted by molar-refractivity contribution is 7.13. The summed E-state index contributed by atoms with van der Waals surface area (Å²) in [6.45, 7) is 0.620. The number of amides is 1. The van der Waals surface area contributed by atoms with Gasteiger partial charge in [-0.1, -0.05) is 48.5 Å². The van der Waals surface area contributed by atoms with Crippen LogP contribution in [0.4, 0.5) is 4.39 Å². The topological polar surface area (TPSA) is 59.3 Å². The molecule has 0 aliphatic carbocycles. The molecule has 4 aromatic rings. The highest BCUT2D eigenvalue weighted by Crippen LogP contribution is 2.26. The summed E-state index contributed by atoms with van der Waals surface area (Å²) in [5.74, 6) is -1.19. The number of carbonyl (C=O) groups excluding carboxylic acids is 1. The second kappa shape index (κ2) is 8.62. The maximum Gasteiger partial charge on any atom is 0.274 e. The van der Waals surface area contributed by atoms with Crippen molar-refractivity contribution in [2.75, 3.05) is 0 Å². The zero-order valence-corrected chi connectivity index (χ0v) is 16.1. The summed E-state index contributed by atoms with van der Waals surface area (Å²) in [5, 5.41) is 10.7. The van der Waals surface area contributed by atoms with Gasteiger partial charge in [0.1, 0.15) is 11.5 Å². The molecule has 7 heteroatoms. The van der Waals surface area contributed by atoms with Crippen molar-refractivity contribution in [2.45, 2.75) is 6.54 Å². The maximum absolute atomic E-state index is 13.7. The summed E-state index contributed by atoms with van der Waals surface area (Å²) < 4.78 is 15.6. The van der Waals surface area contributed by atoms with Gasteiger partial charge in [0.25, 0.3) is 5.91 Å².